The third kappa shape index (κ3) is 4.35. The number of primary amides is 2. The highest BCUT2D eigenvalue weighted by atomic mass is 32.2. The van der Waals surface area contributed by atoms with Crippen LogP contribution in [0.25, 0.3) is 5.52 Å². The van der Waals surface area contributed by atoms with Crippen LogP contribution in [0, 0.1) is 0 Å². The maximum atomic E-state index is 11.9. The smallest absolute Gasteiger partial charge is 0.404 e. The van der Waals surface area contributed by atoms with E-state index in [4.69, 9.17) is 11.5 Å². The van der Waals surface area contributed by atoms with Crippen LogP contribution in [0.2, 0.25) is 0 Å². The van der Waals surface area contributed by atoms with Gasteiger partial charge >= 0.3 is 12.1 Å². The number of fused-ring (bicyclic) bond motifs is 1. The molecule has 0 fully saturated rings. The lowest BCUT2D eigenvalue weighted by Gasteiger charge is -2.32. The molecule has 29 heavy (non-hydrogen) atoms. The fourth-order valence-electron chi connectivity index (χ4n) is 2.66. The summed E-state index contributed by atoms with van der Waals surface area (Å²) in [4.78, 5) is 45.6. The number of pyridine rings is 1. The molecular weight excluding hydrogens is 408 g/mol. The predicted molar refractivity (Wildman–Crippen MR) is 101 cm³/mol. The highest BCUT2D eigenvalue weighted by molar-refractivity contribution is 7.80. The van der Waals surface area contributed by atoms with Gasteiger partial charge in [-0.05, 0) is 25.1 Å². The van der Waals surface area contributed by atoms with Gasteiger partial charge in [0.2, 0.25) is 5.91 Å². The Morgan fingerprint density at radius 1 is 1.38 bits per heavy atom. The van der Waals surface area contributed by atoms with Crippen molar-refractivity contribution < 1.29 is 37.8 Å². The number of aliphatic carboxylic acids is 1. The first-order chi connectivity index (χ1) is 13.5. The number of amides is 2. The summed E-state index contributed by atoms with van der Waals surface area (Å²) in [7, 11) is 0. The summed E-state index contributed by atoms with van der Waals surface area (Å²) < 4.78 is 25.5. The van der Waals surface area contributed by atoms with Gasteiger partial charge < -0.3 is 35.6 Å². The summed E-state index contributed by atoms with van der Waals surface area (Å²) in [6, 6.07) is 2.33. The first-order valence-corrected chi connectivity index (χ1v) is 9.04. The number of carbonyl (C=O) groups excluding carboxylic acids is 3. The van der Waals surface area contributed by atoms with Crippen molar-refractivity contribution in [3.8, 4) is 0 Å². The Labute approximate surface area is 166 Å². The van der Waals surface area contributed by atoms with E-state index in [1.54, 1.807) is 0 Å². The fraction of sp³-hybridized carbons (Fsp3) is 0.250. The molecule has 2 aromatic heterocycles. The van der Waals surface area contributed by atoms with Crippen LogP contribution in [-0.2, 0) is 20.6 Å². The number of nitrogens with zero attached hydrogens (tertiary/aromatic N) is 1. The Balaban J connectivity index is 2.56. The Morgan fingerprint density at radius 3 is 2.52 bits per heavy atom. The average Bonchev–Trinajstić information content (AvgIpc) is 3.00. The van der Waals surface area contributed by atoms with Crippen molar-refractivity contribution in [1.82, 2.24) is 4.40 Å². The second-order valence-corrected chi connectivity index (χ2v) is 7.66. The van der Waals surface area contributed by atoms with Crippen LogP contribution in [0.4, 0.5) is 10.6 Å². The van der Waals surface area contributed by atoms with Crippen molar-refractivity contribution in [1.29, 1.82) is 0 Å². The number of nitrogens with two attached hydrogens (primary N) is 2. The van der Waals surface area contributed by atoms with Gasteiger partial charge in [-0.1, -0.05) is 0 Å². The minimum atomic E-state index is -2.78. The van der Waals surface area contributed by atoms with Gasteiger partial charge in [0.25, 0.3) is 0 Å². The van der Waals surface area contributed by atoms with Gasteiger partial charge in [0.1, 0.15) is 23.2 Å². The molecule has 0 radical (unpaired) electrons. The van der Waals surface area contributed by atoms with E-state index in [1.807, 2.05) is 0 Å². The predicted octanol–water partition coefficient (Wildman–Crippen LogP) is -0.208. The van der Waals surface area contributed by atoms with Crippen molar-refractivity contribution in [2.24, 2.45) is 11.5 Å². The number of rotatable bonds is 9. The number of carboxylic acid groups (broad SMARTS) is 1. The van der Waals surface area contributed by atoms with Gasteiger partial charge in [0, 0.05) is 17.3 Å². The molecule has 0 spiro atoms. The van der Waals surface area contributed by atoms with Crippen LogP contribution >= 0.6 is 0 Å². The Hall–Kier alpha value is -3.45. The minimum absolute atomic E-state index is 0.0137. The third-order valence-electron chi connectivity index (χ3n) is 4.25. The maximum absolute atomic E-state index is 11.9. The number of aromatic nitrogens is 1. The topological polar surface area (TPSA) is 204 Å². The molecule has 13 heteroatoms. The Bertz CT molecular complexity index is 1020. The molecule has 0 aromatic carbocycles. The summed E-state index contributed by atoms with van der Waals surface area (Å²) in [6.45, 7) is 0.306. The van der Waals surface area contributed by atoms with E-state index in [1.165, 1.54) is 28.8 Å². The molecule has 12 nitrogen and oxygen atoms in total. The summed E-state index contributed by atoms with van der Waals surface area (Å²) in [5.41, 5.74) is 10.6. The van der Waals surface area contributed by atoms with Crippen LogP contribution in [0.1, 0.15) is 27.6 Å². The maximum Gasteiger partial charge on any atom is 0.404 e. The normalized spacial score (nSPS) is 15.1. The van der Waals surface area contributed by atoms with E-state index in [2.05, 4.69) is 10.1 Å². The van der Waals surface area contributed by atoms with Crippen LogP contribution < -0.4 is 16.8 Å². The lowest BCUT2D eigenvalue weighted by Crippen LogP contribution is -2.56. The quantitative estimate of drug-likeness (QED) is 0.265. The average molecular weight is 426 g/mol. The molecule has 0 bridgehead atoms. The number of hydrogen-bond acceptors (Lipinski definition) is 7. The number of aldehydes is 1. The first-order valence-electron chi connectivity index (χ1n) is 7.94. The van der Waals surface area contributed by atoms with Gasteiger partial charge in [-0.3, -0.25) is 9.59 Å². The molecule has 7 N–H and O–H groups in total. The molecule has 0 aliphatic carbocycles. The summed E-state index contributed by atoms with van der Waals surface area (Å²) in [6.07, 6.45) is 0.550. The van der Waals surface area contributed by atoms with Crippen molar-refractivity contribution in [3.63, 3.8) is 0 Å². The summed E-state index contributed by atoms with van der Waals surface area (Å²) in [5.74, 6) is -2.27. The monoisotopic (exact) mass is 426 g/mol. The third-order valence-corrected chi connectivity index (χ3v) is 5.40. The van der Waals surface area contributed by atoms with Gasteiger partial charge in [-0.25, -0.2) is 13.8 Å². The SMILES string of the molecule is C[C@](COC(N)=O)([C@@H](Nc1c(C=O)cc2cc(C(N)=O)ccn12)C(=O)O)S(=O)O. The van der Waals surface area contributed by atoms with Crippen LogP contribution in [-0.4, -0.2) is 59.9 Å². The van der Waals surface area contributed by atoms with Gasteiger partial charge in [-0.15, -0.1) is 0 Å². The van der Waals surface area contributed by atoms with E-state index in [0.717, 1.165) is 6.92 Å². The molecule has 2 amide bonds. The molecule has 2 aromatic rings. The number of carboxylic acids is 1. The Morgan fingerprint density at radius 2 is 2.03 bits per heavy atom. The largest absolute Gasteiger partial charge is 0.480 e. The lowest BCUT2D eigenvalue weighted by atomic mass is 10.0. The summed E-state index contributed by atoms with van der Waals surface area (Å²) >= 11 is -2.78. The molecule has 3 atom stereocenters. The van der Waals surface area contributed by atoms with Crippen LogP contribution in [0.5, 0.6) is 0 Å². The zero-order chi connectivity index (χ0) is 21.9. The number of hydrogen-bond donors (Lipinski definition) is 5. The van der Waals surface area contributed by atoms with Crippen LogP contribution in [0.3, 0.4) is 0 Å². The molecule has 0 aliphatic heterocycles. The molecule has 156 valence electrons. The van der Waals surface area contributed by atoms with Crippen LogP contribution in [0.15, 0.2) is 24.4 Å². The molecule has 0 saturated carbocycles. The Kier molecular flexibility index (Phi) is 6.24. The van der Waals surface area contributed by atoms with E-state index < -0.39 is 46.4 Å². The second-order valence-electron chi connectivity index (χ2n) is 6.23. The van der Waals surface area contributed by atoms with E-state index in [0.29, 0.717) is 11.8 Å². The number of carbonyl (C=O) groups is 4. The van der Waals surface area contributed by atoms with Crippen molar-refractivity contribution in [3.05, 3.63) is 35.5 Å². The minimum Gasteiger partial charge on any atom is -0.480 e. The van der Waals surface area contributed by atoms with Crippen molar-refractivity contribution in [2.45, 2.75) is 17.7 Å². The lowest BCUT2D eigenvalue weighted by molar-refractivity contribution is -0.139. The van der Waals surface area contributed by atoms with Crippen molar-refractivity contribution >= 4 is 46.7 Å². The molecular formula is C16H18N4O8S. The van der Waals surface area contributed by atoms with Gasteiger partial charge in [0.05, 0.1) is 5.56 Å². The van der Waals surface area contributed by atoms with Gasteiger partial charge in [0.15, 0.2) is 17.4 Å². The van der Waals surface area contributed by atoms with E-state index in [9.17, 15) is 33.0 Å². The van der Waals surface area contributed by atoms with E-state index in [-0.39, 0.29) is 16.9 Å². The number of nitrogens with one attached hydrogen (secondary N) is 1. The standard InChI is InChI=1S/C16H18N4O8S/c1-16(29(26)27,7-28-15(18)25)11(14(23)24)19-13-9(6-21)5-10-4-8(12(17)22)2-3-20(10)13/h2-6,11,19H,7H2,1H3,(H2,17,22)(H2,18,25)(H,23,24)(H,26,27)/t11-,16-/m0/s1. The number of ether oxygens (including phenoxy) is 1. The van der Waals surface area contributed by atoms with Crippen molar-refractivity contribution in [2.75, 3.05) is 11.9 Å². The molecule has 0 aliphatic rings. The van der Waals surface area contributed by atoms with E-state index >= 15 is 0 Å². The zero-order valence-electron chi connectivity index (χ0n) is 15.0. The molecule has 2 heterocycles. The van der Waals surface area contributed by atoms with Gasteiger partial charge in [-0.2, -0.15) is 0 Å². The second kappa shape index (κ2) is 8.28. The first kappa shape index (κ1) is 21.8. The molecule has 0 saturated heterocycles. The highest BCUT2D eigenvalue weighted by Gasteiger charge is 2.46. The zero-order valence-corrected chi connectivity index (χ0v) is 15.8. The summed E-state index contributed by atoms with van der Waals surface area (Å²) in [5, 5.41) is 12.2. The number of anilines is 1. The molecule has 1 unspecified atom stereocenters. The highest BCUT2D eigenvalue weighted by Crippen LogP contribution is 2.27. The molecule has 2 rings (SSSR count). The fourth-order valence-corrected chi connectivity index (χ4v) is 3.18.